The number of carbonyl (C=O) groups is 1. The van der Waals surface area contributed by atoms with E-state index >= 15 is 0 Å². The molecule has 2 aliphatic rings. The van der Waals surface area contributed by atoms with Crippen LogP contribution in [-0.4, -0.2) is 12.1 Å². The minimum absolute atomic E-state index is 0.0982. The average Bonchev–Trinajstić information content (AvgIpc) is 2.45. The van der Waals surface area contributed by atoms with Crippen LogP contribution >= 0.6 is 0 Å². The molecule has 20 heavy (non-hydrogen) atoms. The number of unbranched alkanes of at least 4 members (excludes halogenated alkanes) is 1. The Morgan fingerprint density at radius 2 is 1.80 bits per heavy atom. The Bertz CT molecular complexity index is 292. The molecule has 0 spiro atoms. The lowest BCUT2D eigenvalue weighted by atomic mass is 9.70. The van der Waals surface area contributed by atoms with E-state index in [1.165, 1.54) is 57.8 Å². The fourth-order valence-electron chi connectivity index (χ4n) is 4.39. The Hall–Kier alpha value is -0.530. The fraction of sp³-hybridized carbons (Fsp3) is 0.944. The van der Waals surface area contributed by atoms with Gasteiger partial charge in [0.05, 0.1) is 0 Å². The Morgan fingerprint density at radius 3 is 2.45 bits per heavy atom. The van der Waals surface area contributed by atoms with Gasteiger partial charge in [-0.05, 0) is 56.3 Å². The highest BCUT2D eigenvalue weighted by molar-refractivity contribution is 5.66. The molecule has 0 aromatic rings. The monoisotopic (exact) mass is 280 g/mol. The van der Waals surface area contributed by atoms with Crippen LogP contribution in [-0.2, 0) is 9.53 Å². The Morgan fingerprint density at radius 1 is 1.05 bits per heavy atom. The third-order valence-electron chi connectivity index (χ3n) is 5.52. The zero-order valence-corrected chi connectivity index (χ0v) is 13.4. The zero-order chi connectivity index (χ0) is 14.4. The maximum absolute atomic E-state index is 11.1. The molecule has 2 rings (SSSR count). The summed E-state index contributed by atoms with van der Waals surface area (Å²) in [4.78, 5) is 11.1. The quantitative estimate of drug-likeness (QED) is 0.654. The second kappa shape index (κ2) is 8.05. The molecular formula is C18H32O2. The van der Waals surface area contributed by atoms with Crippen molar-refractivity contribution >= 4 is 5.97 Å². The SMILES string of the molecule is CCCCC1CCC([C@@H]2CCC[C@@H](OC(C)=O)C2)CC1. The van der Waals surface area contributed by atoms with Gasteiger partial charge in [0.1, 0.15) is 6.10 Å². The van der Waals surface area contributed by atoms with Gasteiger partial charge in [-0.25, -0.2) is 0 Å². The van der Waals surface area contributed by atoms with E-state index in [9.17, 15) is 4.79 Å². The summed E-state index contributed by atoms with van der Waals surface area (Å²) in [6.07, 6.45) is 15.0. The molecule has 0 N–H and O–H groups in total. The van der Waals surface area contributed by atoms with Crippen LogP contribution in [0, 0.1) is 17.8 Å². The van der Waals surface area contributed by atoms with Crippen molar-refractivity contribution in [3.63, 3.8) is 0 Å². The minimum atomic E-state index is -0.0982. The smallest absolute Gasteiger partial charge is 0.302 e. The summed E-state index contributed by atoms with van der Waals surface area (Å²) >= 11 is 0. The van der Waals surface area contributed by atoms with Crippen molar-refractivity contribution in [2.45, 2.75) is 90.6 Å². The molecule has 0 aromatic heterocycles. The number of esters is 1. The van der Waals surface area contributed by atoms with E-state index < -0.39 is 0 Å². The van der Waals surface area contributed by atoms with Crippen LogP contribution in [0.4, 0.5) is 0 Å². The topological polar surface area (TPSA) is 26.3 Å². The van der Waals surface area contributed by atoms with Gasteiger partial charge in [0.15, 0.2) is 0 Å². The zero-order valence-electron chi connectivity index (χ0n) is 13.4. The molecule has 2 saturated carbocycles. The van der Waals surface area contributed by atoms with Gasteiger partial charge < -0.3 is 4.74 Å². The highest BCUT2D eigenvalue weighted by Gasteiger charge is 2.32. The highest BCUT2D eigenvalue weighted by atomic mass is 16.5. The predicted octanol–water partition coefficient (Wildman–Crippen LogP) is 5.10. The lowest BCUT2D eigenvalue weighted by Gasteiger charge is -2.38. The van der Waals surface area contributed by atoms with Crippen molar-refractivity contribution in [2.24, 2.45) is 17.8 Å². The third-order valence-corrected chi connectivity index (χ3v) is 5.52. The van der Waals surface area contributed by atoms with Crippen molar-refractivity contribution in [3.8, 4) is 0 Å². The van der Waals surface area contributed by atoms with Crippen molar-refractivity contribution in [1.82, 2.24) is 0 Å². The standard InChI is InChI=1S/C18H32O2/c1-3-4-6-15-9-11-16(12-10-15)17-7-5-8-18(13-17)20-14(2)19/h15-18H,3-13H2,1-2H3/t15?,16?,17-,18-/m1/s1. The van der Waals surface area contributed by atoms with E-state index in [1.54, 1.807) is 6.92 Å². The van der Waals surface area contributed by atoms with Crippen molar-refractivity contribution in [2.75, 3.05) is 0 Å². The van der Waals surface area contributed by atoms with Gasteiger partial charge in [-0.3, -0.25) is 4.79 Å². The maximum Gasteiger partial charge on any atom is 0.302 e. The van der Waals surface area contributed by atoms with Gasteiger partial charge in [0.2, 0.25) is 0 Å². The lowest BCUT2D eigenvalue weighted by molar-refractivity contribution is -0.149. The Kier molecular flexibility index (Phi) is 6.38. The fourth-order valence-corrected chi connectivity index (χ4v) is 4.39. The van der Waals surface area contributed by atoms with E-state index in [1.807, 2.05) is 0 Å². The van der Waals surface area contributed by atoms with Gasteiger partial charge in [0.25, 0.3) is 0 Å². The van der Waals surface area contributed by atoms with Crippen LogP contribution in [0.3, 0.4) is 0 Å². The molecule has 0 unspecified atom stereocenters. The van der Waals surface area contributed by atoms with E-state index in [2.05, 4.69) is 6.92 Å². The number of rotatable bonds is 5. The van der Waals surface area contributed by atoms with Crippen molar-refractivity contribution in [3.05, 3.63) is 0 Å². The highest BCUT2D eigenvalue weighted by Crippen LogP contribution is 2.41. The number of carbonyl (C=O) groups excluding carboxylic acids is 1. The van der Waals surface area contributed by atoms with Gasteiger partial charge >= 0.3 is 5.97 Å². The van der Waals surface area contributed by atoms with Gasteiger partial charge in [-0.1, -0.05) is 39.0 Å². The van der Waals surface area contributed by atoms with Gasteiger partial charge in [-0.15, -0.1) is 0 Å². The summed E-state index contributed by atoms with van der Waals surface area (Å²) < 4.78 is 5.45. The molecule has 0 heterocycles. The van der Waals surface area contributed by atoms with Crippen molar-refractivity contribution in [1.29, 1.82) is 0 Å². The average molecular weight is 280 g/mol. The predicted molar refractivity (Wildman–Crippen MR) is 82.5 cm³/mol. The molecule has 0 radical (unpaired) electrons. The number of hydrogen-bond acceptors (Lipinski definition) is 2. The molecular weight excluding hydrogens is 248 g/mol. The molecule has 2 heteroatoms. The van der Waals surface area contributed by atoms with Crippen LogP contribution in [0.2, 0.25) is 0 Å². The van der Waals surface area contributed by atoms with Crippen LogP contribution in [0.1, 0.15) is 84.5 Å². The molecule has 0 bridgehead atoms. The maximum atomic E-state index is 11.1. The van der Waals surface area contributed by atoms with Crippen LogP contribution in [0.25, 0.3) is 0 Å². The molecule has 0 aromatic carbocycles. The number of hydrogen-bond donors (Lipinski definition) is 0. The first-order valence-corrected chi connectivity index (χ1v) is 8.86. The molecule has 2 aliphatic carbocycles. The first-order valence-electron chi connectivity index (χ1n) is 8.86. The first-order chi connectivity index (χ1) is 9.69. The third kappa shape index (κ3) is 4.79. The van der Waals surface area contributed by atoms with Gasteiger partial charge in [0, 0.05) is 6.92 Å². The van der Waals surface area contributed by atoms with E-state index in [0.717, 1.165) is 30.6 Å². The Labute approximate surface area is 124 Å². The van der Waals surface area contributed by atoms with E-state index in [0.29, 0.717) is 0 Å². The second-order valence-corrected chi connectivity index (χ2v) is 7.08. The normalized spacial score (nSPS) is 34.7. The summed E-state index contributed by atoms with van der Waals surface area (Å²) in [6.45, 7) is 3.84. The summed E-state index contributed by atoms with van der Waals surface area (Å²) in [7, 11) is 0. The lowest BCUT2D eigenvalue weighted by Crippen LogP contribution is -2.30. The molecule has 2 nitrogen and oxygen atoms in total. The minimum Gasteiger partial charge on any atom is -0.463 e. The molecule has 0 amide bonds. The molecule has 2 atom stereocenters. The van der Waals surface area contributed by atoms with E-state index in [-0.39, 0.29) is 12.1 Å². The first kappa shape index (κ1) is 15.9. The largest absolute Gasteiger partial charge is 0.463 e. The van der Waals surface area contributed by atoms with Crippen molar-refractivity contribution < 1.29 is 9.53 Å². The summed E-state index contributed by atoms with van der Waals surface area (Å²) in [5.41, 5.74) is 0. The second-order valence-electron chi connectivity index (χ2n) is 7.08. The van der Waals surface area contributed by atoms with Crippen LogP contribution < -0.4 is 0 Å². The number of ether oxygens (including phenoxy) is 1. The molecule has 116 valence electrons. The van der Waals surface area contributed by atoms with Crippen LogP contribution in [0.5, 0.6) is 0 Å². The Balaban J connectivity index is 1.74. The van der Waals surface area contributed by atoms with E-state index in [4.69, 9.17) is 4.74 Å². The summed E-state index contributed by atoms with van der Waals surface area (Å²) in [5.74, 6) is 2.63. The summed E-state index contributed by atoms with van der Waals surface area (Å²) in [6, 6.07) is 0. The molecule has 0 saturated heterocycles. The summed E-state index contributed by atoms with van der Waals surface area (Å²) in [5, 5.41) is 0. The van der Waals surface area contributed by atoms with Crippen LogP contribution in [0.15, 0.2) is 0 Å². The molecule has 0 aliphatic heterocycles. The van der Waals surface area contributed by atoms with Gasteiger partial charge in [-0.2, -0.15) is 0 Å². The molecule has 2 fully saturated rings.